The zero-order valence-corrected chi connectivity index (χ0v) is 67.0. The number of esters is 4. The number of carbonyl (C=O) groups excluding carboxylic acids is 4. The fraction of sp³-hybridized carbons (Fsp3) is 0.951. The third-order valence-corrected chi connectivity index (χ3v) is 21.0. The topological polar surface area (TPSA) is 237 Å². The van der Waals surface area contributed by atoms with E-state index < -0.39 is 97.5 Å². The third kappa shape index (κ3) is 74.3. The molecule has 0 aromatic rings. The van der Waals surface area contributed by atoms with E-state index in [1.54, 1.807) is 0 Å². The van der Waals surface area contributed by atoms with Crippen molar-refractivity contribution in [1.82, 2.24) is 0 Å². The van der Waals surface area contributed by atoms with E-state index in [1.165, 1.54) is 270 Å². The summed E-state index contributed by atoms with van der Waals surface area (Å²) in [6, 6.07) is 0. The highest BCUT2D eigenvalue weighted by atomic mass is 31.2. The molecular formula is C81H158O17P2. The molecule has 5 atom stereocenters. The normalized spacial score (nSPS) is 13.8. The molecule has 3 N–H and O–H groups in total. The molecule has 19 heteroatoms. The van der Waals surface area contributed by atoms with E-state index in [0.29, 0.717) is 25.7 Å². The number of unbranched alkanes of at least 4 members (excludes halogenated alkanes) is 56. The van der Waals surface area contributed by atoms with Crippen molar-refractivity contribution in [2.24, 2.45) is 0 Å². The molecule has 0 aromatic carbocycles. The smallest absolute Gasteiger partial charge is 0.462 e. The van der Waals surface area contributed by atoms with Crippen LogP contribution in [-0.4, -0.2) is 96.7 Å². The van der Waals surface area contributed by atoms with Crippen molar-refractivity contribution >= 4 is 39.5 Å². The van der Waals surface area contributed by atoms with Gasteiger partial charge in [-0.25, -0.2) is 9.13 Å². The lowest BCUT2D eigenvalue weighted by atomic mass is 10.0. The molecule has 100 heavy (non-hydrogen) atoms. The quantitative estimate of drug-likeness (QED) is 0.0222. The summed E-state index contributed by atoms with van der Waals surface area (Å²) >= 11 is 0. The Morgan fingerprint density at radius 3 is 0.590 bits per heavy atom. The number of rotatable bonds is 82. The van der Waals surface area contributed by atoms with Gasteiger partial charge in [0.15, 0.2) is 12.2 Å². The predicted molar refractivity (Wildman–Crippen MR) is 409 cm³/mol. The molecule has 0 spiro atoms. The van der Waals surface area contributed by atoms with Crippen LogP contribution in [0.4, 0.5) is 0 Å². The first-order valence-corrected chi connectivity index (χ1v) is 45.3. The van der Waals surface area contributed by atoms with E-state index in [4.69, 9.17) is 37.0 Å². The molecule has 0 aliphatic carbocycles. The first kappa shape index (κ1) is 98.1. The van der Waals surface area contributed by atoms with Gasteiger partial charge >= 0.3 is 39.5 Å². The largest absolute Gasteiger partial charge is 0.472 e. The summed E-state index contributed by atoms with van der Waals surface area (Å²) < 4.78 is 68.6. The van der Waals surface area contributed by atoms with Crippen molar-refractivity contribution in [2.45, 2.75) is 457 Å². The lowest BCUT2D eigenvalue weighted by molar-refractivity contribution is -0.161. The Morgan fingerprint density at radius 1 is 0.240 bits per heavy atom. The molecule has 0 aliphatic heterocycles. The molecule has 0 amide bonds. The second-order valence-electron chi connectivity index (χ2n) is 29.2. The number of aliphatic hydroxyl groups excluding tert-OH is 1. The fourth-order valence-corrected chi connectivity index (χ4v) is 14.2. The summed E-state index contributed by atoms with van der Waals surface area (Å²) in [7, 11) is -9.91. The zero-order valence-electron chi connectivity index (χ0n) is 65.2. The van der Waals surface area contributed by atoms with Gasteiger partial charge in [-0.15, -0.1) is 0 Å². The third-order valence-electron chi connectivity index (χ3n) is 19.1. The highest BCUT2D eigenvalue weighted by molar-refractivity contribution is 7.47. The molecule has 2 unspecified atom stereocenters. The lowest BCUT2D eigenvalue weighted by Crippen LogP contribution is -2.30. The van der Waals surface area contributed by atoms with Gasteiger partial charge < -0.3 is 33.8 Å². The maximum atomic E-state index is 13.1. The number of phosphoric acid groups is 2. The average molecular weight is 1470 g/mol. The fourth-order valence-electron chi connectivity index (χ4n) is 12.6. The zero-order chi connectivity index (χ0) is 73.2. The van der Waals surface area contributed by atoms with Crippen LogP contribution in [0, 0.1) is 0 Å². The Labute approximate surface area is 613 Å². The van der Waals surface area contributed by atoms with Crippen LogP contribution >= 0.6 is 15.6 Å². The SMILES string of the molecule is CCCCCCCCCCCCCCCCCCCCCCCCC(=O)O[C@H](COC(=O)CCCCCCCCCCCCCCCCC)COP(=O)(O)OC[C@@H](O)COP(=O)(O)OC[C@@H](COC(=O)CCCCCCCCCC)OC(=O)CCCCCCCCCCCCCCCCC. The van der Waals surface area contributed by atoms with Gasteiger partial charge in [0, 0.05) is 25.7 Å². The highest BCUT2D eigenvalue weighted by Crippen LogP contribution is 2.45. The molecule has 594 valence electrons. The molecule has 0 rings (SSSR count). The number of hydrogen-bond donors (Lipinski definition) is 3. The molecule has 0 saturated heterocycles. The Bertz CT molecular complexity index is 1890. The van der Waals surface area contributed by atoms with Crippen LogP contribution in [-0.2, 0) is 65.4 Å². The molecular weight excluding hydrogens is 1310 g/mol. The van der Waals surface area contributed by atoms with Crippen molar-refractivity contribution in [2.75, 3.05) is 39.6 Å². The second-order valence-corrected chi connectivity index (χ2v) is 32.1. The maximum absolute atomic E-state index is 13.1. The first-order valence-electron chi connectivity index (χ1n) is 42.3. The van der Waals surface area contributed by atoms with Gasteiger partial charge in [0.2, 0.25) is 0 Å². The van der Waals surface area contributed by atoms with E-state index in [9.17, 15) is 43.2 Å². The minimum absolute atomic E-state index is 0.109. The summed E-state index contributed by atoms with van der Waals surface area (Å²) in [4.78, 5) is 72.9. The molecule has 0 radical (unpaired) electrons. The van der Waals surface area contributed by atoms with Crippen LogP contribution in [0.15, 0.2) is 0 Å². The van der Waals surface area contributed by atoms with Gasteiger partial charge in [-0.3, -0.25) is 37.3 Å². The minimum Gasteiger partial charge on any atom is -0.462 e. The second kappa shape index (κ2) is 75.3. The van der Waals surface area contributed by atoms with Gasteiger partial charge in [0.05, 0.1) is 26.4 Å². The number of ether oxygens (including phenoxy) is 4. The number of carbonyl (C=O) groups is 4. The van der Waals surface area contributed by atoms with Crippen molar-refractivity contribution in [3.05, 3.63) is 0 Å². The van der Waals surface area contributed by atoms with Crippen LogP contribution < -0.4 is 0 Å². The van der Waals surface area contributed by atoms with Gasteiger partial charge in [0.1, 0.15) is 19.3 Å². The Morgan fingerprint density at radius 2 is 0.400 bits per heavy atom. The van der Waals surface area contributed by atoms with Gasteiger partial charge in [-0.05, 0) is 25.7 Å². The summed E-state index contributed by atoms with van der Waals surface area (Å²) in [5.74, 6) is -2.11. The van der Waals surface area contributed by atoms with E-state index in [0.717, 1.165) is 89.9 Å². The number of aliphatic hydroxyl groups is 1. The van der Waals surface area contributed by atoms with Gasteiger partial charge in [-0.2, -0.15) is 0 Å². The van der Waals surface area contributed by atoms with Crippen LogP contribution in [0.1, 0.15) is 439 Å². The first-order chi connectivity index (χ1) is 48.7. The molecule has 0 aromatic heterocycles. The van der Waals surface area contributed by atoms with Crippen molar-refractivity contribution in [1.29, 1.82) is 0 Å². The van der Waals surface area contributed by atoms with E-state index >= 15 is 0 Å². The van der Waals surface area contributed by atoms with Crippen molar-refractivity contribution < 1.29 is 80.2 Å². The molecule has 17 nitrogen and oxygen atoms in total. The van der Waals surface area contributed by atoms with Crippen molar-refractivity contribution in [3.63, 3.8) is 0 Å². The van der Waals surface area contributed by atoms with E-state index in [2.05, 4.69) is 27.7 Å². The molecule has 0 heterocycles. The Balaban J connectivity index is 5.17. The van der Waals surface area contributed by atoms with Crippen LogP contribution in [0.2, 0.25) is 0 Å². The summed E-state index contributed by atoms with van der Waals surface area (Å²) in [6.07, 6.45) is 68.1. The summed E-state index contributed by atoms with van der Waals surface area (Å²) in [5, 5.41) is 10.6. The van der Waals surface area contributed by atoms with Crippen LogP contribution in [0.3, 0.4) is 0 Å². The van der Waals surface area contributed by atoms with Gasteiger partial charge in [-0.1, -0.05) is 387 Å². The summed E-state index contributed by atoms with van der Waals surface area (Å²) in [5.41, 5.74) is 0. The van der Waals surface area contributed by atoms with Crippen LogP contribution in [0.25, 0.3) is 0 Å². The molecule has 0 aliphatic rings. The monoisotopic (exact) mass is 1470 g/mol. The Kier molecular flexibility index (Phi) is 73.8. The maximum Gasteiger partial charge on any atom is 0.472 e. The average Bonchev–Trinajstić information content (AvgIpc) is 0.947. The Hall–Kier alpha value is -1.94. The van der Waals surface area contributed by atoms with Crippen molar-refractivity contribution in [3.8, 4) is 0 Å². The predicted octanol–water partition coefficient (Wildman–Crippen LogP) is 24.6. The number of phosphoric ester groups is 2. The van der Waals surface area contributed by atoms with Crippen LogP contribution in [0.5, 0.6) is 0 Å². The molecule has 0 bridgehead atoms. The number of hydrogen-bond acceptors (Lipinski definition) is 15. The standard InChI is InChI=1S/C81H158O17P2/c1-5-9-13-17-21-25-28-31-34-35-36-37-38-39-40-43-46-49-52-56-60-64-68-81(86)98-77(72-92-79(84)66-62-58-54-50-47-44-41-32-29-26-22-18-14-10-6-2)74-96-100(89,90)94-70-75(82)69-93-99(87,88)95-73-76(71-91-78(83)65-61-57-53-24-20-16-12-8-4)97-80(85)67-63-59-55-51-48-45-42-33-30-27-23-19-15-11-7-3/h75-77,82H,5-74H2,1-4H3,(H,87,88)(H,89,90)/t75-,76+,77+/m0/s1. The minimum atomic E-state index is -4.96. The van der Waals surface area contributed by atoms with E-state index in [-0.39, 0.29) is 25.7 Å². The van der Waals surface area contributed by atoms with E-state index in [1.807, 2.05) is 0 Å². The molecule has 0 saturated carbocycles. The lowest BCUT2D eigenvalue weighted by Gasteiger charge is -2.21. The summed E-state index contributed by atoms with van der Waals surface area (Å²) in [6.45, 7) is 5.00. The van der Waals surface area contributed by atoms with Gasteiger partial charge in [0.25, 0.3) is 0 Å². The highest BCUT2D eigenvalue weighted by Gasteiger charge is 2.30. The molecule has 0 fully saturated rings.